The maximum Gasteiger partial charge on any atom is 0.271 e. The summed E-state index contributed by atoms with van der Waals surface area (Å²) in [4.78, 5) is 14.2. The van der Waals surface area contributed by atoms with Crippen molar-refractivity contribution in [2.75, 3.05) is 0 Å². The quantitative estimate of drug-likeness (QED) is 0.844. The van der Waals surface area contributed by atoms with Crippen molar-refractivity contribution in [3.8, 4) is 0 Å². The fourth-order valence-corrected chi connectivity index (χ4v) is 2.93. The fourth-order valence-electron chi connectivity index (χ4n) is 2.93. The fraction of sp³-hybridized carbons (Fsp3) is 0.250. The number of aromatic nitrogens is 1. The van der Waals surface area contributed by atoms with Gasteiger partial charge in [-0.1, -0.05) is 36.4 Å². The minimum absolute atomic E-state index is 0.228. The predicted octanol–water partition coefficient (Wildman–Crippen LogP) is 5.01. The monoisotopic (exact) mass is 327 g/mol. The smallest absolute Gasteiger partial charge is 0.271 e. The molecular formula is C20H19F2NO. The van der Waals surface area contributed by atoms with E-state index < -0.39 is 11.5 Å². The van der Waals surface area contributed by atoms with Crippen LogP contribution in [0.2, 0.25) is 0 Å². The molecule has 0 unspecified atom stereocenters. The van der Waals surface area contributed by atoms with Crippen molar-refractivity contribution in [1.82, 2.24) is 4.98 Å². The first kappa shape index (κ1) is 16.4. The molecule has 0 spiro atoms. The van der Waals surface area contributed by atoms with Crippen LogP contribution in [0.15, 0.2) is 65.0 Å². The Balaban J connectivity index is 2.03. The van der Waals surface area contributed by atoms with E-state index in [1.165, 1.54) is 0 Å². The van der Waals surface area contributed by atoms with E-state index in [-0.39, 0.29) is 5.56 Å². The van der Waals surface area contributed by atoms with Crippen molar-refractivity contribution in [3.05, 3.63) is 81.7 Å². The minimum Gasteiger partial charge on any atom is -0.322 e. The maximum absolute atomic E-state index is 13.9. The highest BCUT2D eigenvalue weighted by atomic mass is 19.3. The number of aromatic amines is 1. The molecule has 0 bridgehead atoms. The molecule has 1 N–H and O–H groups in total. The molecule has 0 radical (unpaired) electrons. The molecule has 124 valence electrons. The van der Waals surface area contributed by atoms with Crippen LogP contribution in [0.25, 0.3) is 10.9 Å². The predicted molar refractivity (Wildman–Crippen MR) is 93.4 cm³/mol. The van der Waals surface area contributed by atoms with Crippen LogP contribution in [0, 0.1) is 0 Å². The van der Waals surface area contributed by atoms with Crippen LogP contribution < -0.4 is 5.56 Å². The van der Waals surface area contributed by atoms with Crippen LogP contribution in [0.1, 0.15) is 30.9 Å². The first-order chi connectivity index (χ1) is 11.4. The molecule has 1 aromatic carbocycles. The molecule has 2 nitrogen and oxygen atoms in total. The number of pyridine rings is 1. The molecule has 4 heteroatoms. The van der Waals surface area contributed by atoms with Gasteiger partial charge >= 0.3 is 0 Å². The van der Waals surface area contributed by atoms with E-state index in [0.717, 1.165) is 37.0 Å². The van der Waals surface area contributed by atoms with Crippen LogP contribution >= 0.6 is 0 Å². The molecule has 1 heterocycles. The molecule has 0 atom stereocenters. The van der Waals surface area contributed by atoms with Crippen LogP contribution in [0.4, 0.5) is 8.78 Å². The summed E-state index contributed by atoms with van der Waals surface area (Å²) in [5.41, 5.74) is 1.80. The number of alkyl halides is 2. The van der Waals surface area contributed by atoms with Gasteiger partial charge in [0.1, 0.15) is 0 Å². The van der Waals surface area contributed by atoms with E-state index >= 15 is 0 Å². The van der Waals surface area contributed by atoms with Gasteiger partial charge in [-0.2, -0.15) is 0 Å². The molecule has 1 aliphatic rings. The molecular weight excluding hydrogens is 308 g/mol. The molecule has 0 amide bonds. The number of allylic oxidation sites excluding steroid dienone is 6. The molecule has 0 aliphatic heterocycles. The third-order valence-electron chi connectivity index (χ3n) is 4.09. The summed E-state index contributed by atoms with van der Waals surface area (Å²) in [6.45, 7) is 0.820. The lowest BCUT2D eigenvalue weighted by molar-refractivity contribution is 0.0189. The van der Waals surface area contributed by atoms with Gasteiger partial charge in [-0.3, -0.25) is 4.79 Å². The van der Waals surface area contributed by atoms with Gasteiger partial charge in [0.05, 0.1) is 0 Å². The Morgan fingerprint density at radius 2 is 2.00 bits per heavy atom. The Kier molecular flexibility index (Phi) is 4.47. The number of halogens is 2. The molecule has 3 rings (SSSR count). The number of nitrogens with one attached hydrogen (secondary N) is 1. The van der Waals surface area contributed by atoms with E-state index in [1.807, 2.05) is 24.3 Å². The van der Waals surface area contributed by atoms with Gasteiger partial charge in [-0.15, -0.1) is 0 Å². The van der Waals surface area contributed by atoms with Gasteiger partial charge in [-0.05, 0) is 42.5 Å². The number of rotatable bonds is 3. The van der Waals surface area contributed by atoms with Crippen LogP contribution in [0.5, 0.6) is 0 Å². The molecule has 0 fully saturated rings. The Hall–Kier alpha value is -2.49. The molecule has 0 saturated heterocycles. The van der Waals surface area contributed by atoms with Gasteiger partial charge in [0, 0.05) is 29.5 Å². The summed E-state index contributed by atoms with van der Waals surface area (Å²) in [6.07, 6.45) is 13.0. The Morgan fingerprint density at radius 3 is 2.79 bits per heavy atom. The maximum atomic E-state index is 13.9. The molecule has 24 heavy (non-hydrogen) atoms. The topological polar surface area (TPSA) is 32.9 Å². The van der Waals surface area contributed by atoms with Crippen LogP contribution in [-0.4, -0.2) is 4.98 Å². The van der Waals surface area contributed by atoms with E-state index in [2.05, 4.69) is 17.1 Å². The van der Waals surface area contributed by atoms with Gasteiger partial charge in [0.15, 0.2) is 0 Å². The molecule has 2 aromatic rings. The number of hydrogen-bond donors (Lipinski definition) is 1. The Bertz CT molecular complexity index is 898. The van der Waals surface area contributed by atoms with Crippen molar-refractivity contribution < 1.29 is 8.78 Å². The highest BCUT2D eigenvalue weighted by Crippen LogP contribution is 2.32. The third-order valence-corrected chi connectivity index (χ3v) is 4.09. The second kappa shape index (κ2) is 6.56. The van der Waals surface area contributed by atoms with E-state index in [9.17, 15) is 13.6 Å². The first-order valence-electron chi connectivity index (χ1n) is 8.00. The summed E-state index contributed by atoms with van der Waals surface area (Å²) in [5.74, 6) is -3.06. The molecule has 0 saturated carbocycles. The largest absolute Gasteiger partial charge is 0.322 e. The number of benzene rings is 1. The van der Waals surface area contributed by atoms with Crippen molar-refractivity contribution >= 4 is 10.9 Å². The first-order valence-corrected chi connectivity index (χ1v) is 8.00. The summed E-state index contributed by atoms with van der Waals surface area (Å²) >= 11 is 0. The normalized spacial score (nSPS) is 20.0. The van der Waals surface area contributed by atoms with Crippen molar-refractivity contribution in [2.45, 2.75) is 32.1 Å². The summed E-state index contributed by atoms with van der Waals surface area (Å²) < 4.78 is 27.7. The van der Waals surface area contributed by atoms with Crippen LogP contribution in [0.3, 0.4) is 0 Å². The third kappa shape index (κ3) is 3.70. The van der Waals surface area contributed by atoms with Gasteiger partial charge in [0.25, 0.3) is 5.92 Å². The Morgan fingerprint density at radius 1 is 1.17 bits per heavy atom. The standard InChI is InChI=1S/C20H19F2NO/c1-20(21,22)17-13-19(24)23-18-10-9-15(12-16(17)18)11-14-7-5-3-2-4-6-8-14/h2-3,5,7-10,12-13H,4,6,11H2,1H3,(H,23,24)/b3-2+,7-5-,14-8+. The second-order valence-corrected chi connectivity index (χ2v) is 6.14. The van der Waals surface area contributed by atoms with Crippen molar-refractivity contribution in [3.63, 3.8) is 0 Å². The lowest BCUT2D eigenvalue weighted by Gasteiger charge is -2.14. The zero-order chi connectivity index (χ0) is 17.2. The highest BCUT2D eigenvalue weighted by molar-refractivity contribution is 5.83. The lowest BCUT2D eigenvalue weighted by Crippen LogP contribution is -2.15. The van der Waals surface area contributed by atoms with Crippen molar-refractivity contribution in [2.24, 2.45) is 0 Å². The van der Waals surface area contributed by atoms with Crippen molar-refractivity contribution in [1.29, 1.82) is 0 Å². The second-order valence-electron chi connectivity index (χ2n) is 6.14. The van der Waals surface area contributed by atoms with E-state index in [4.69, 9.17) is 0 Å². The Labute approximate surface area is 139 Å². The summed E-state index contributed by atoms with van der Waals surface area (Å²) in [5, 5.41) is 0.398. The zero-order valence-corrected chi connectivity index (χ0v) is 13.5. The summed E-state index contributed by atoms with van der Waals surface area (Å²) in [7, 11) is 0. The minimum atomic E-state index is -3.06. The average Bonchev–Trinajstić information content (AvgIpc) is 2.48. The molecule has 1 aromatic heterocycles. The van der Waals surface area contributed by atoms with Gasteiger partial charge in [-0.25, -0.2) is 8.78 Å². The lowest BCUT2D eigenvalue weighted by atomic mass is 9.97. The van der Waals surface area contributed by atoms with Crippen LogP contribution in [-0.2, 0) is 12.3 Å². The summed E-state index contributed by atoms with van der Waals surface area (Å²) in [6, 6.07) is 6.32. The highest BCUT2D eigenvalue weighted by Gasteiger charge is 2.27. The van der Waals surface area contributed by atoms with Gasteiger partial charge < -0.3 is 4.98 Å². The van der Waals surface area contributed by atoms with E-state index in [0.29, 0.717) is 17.3 Å². The van der Waals surface area contributed by atoms with E-state index in [1.54, 1.807) is 12.1 Å². The number of fused-ring (bicyclic) bond motifs is 1. The molecule has 1 aliphatic carbocycles. The average molecular weight is 327 g/mol. The SMILES string of the molecule is CC(F)(F)c1cc(=O)[nH]c2ccc(CC3=C/CC/C=C/C=C\3)cc12. The zero-order valence-electron chi connectivity index (χ0n) is 13.5. The number of H-pyrrole nitrogens is 1. The number of hydrogen-bond acceptors (Lipinski definition) is 1. The van der Waals surface area contributed by atoms with Gasteiger partial charge in [0.2, 0.25) is 5.56 Å².